The van der Waals surface area contributed by atoms with Gasteiger partial charge in [0.15, 0.2) is 0 Å². The standard InChI is InChI=1S/C16H21NO2/c1-2-14-10-16(8-9-16)12-17(14)15(18)19-11-13-6-4-3-5-7-13/h3-7,14H,2,8-12H2,1H3/t14-/m1/s1. The van der Waals surface area contributed by atoms with Gasteiger partial charge in [-0.2, -0.15) is 0 Å². The third-order valence-corrected chi connectivity index (χ3v) is 4.48. The molecule has 3 rings (SSSR count). The fourth-order valence-corrected chi connectivity index (χ4v) is 3.08. The summed E-state index contributed by atoms with van der Waals surface area (Å²) >= 11 is 0. The van der Waals surface area contributed by atoms with Crippen molar-refractivity contribution >= 4 is 6.09 Å². The lowest BCUT2D eigenvalue weighted by Crippen LogP contribution is -2.35. The molecule has 19 heavy (non-hydrogen) atoms. The third kappa shape index (κ3) is 2.60. The Balaban J connectivity index is 1.58. The fraction of sp³-hybridized carbons (Fsp3) is 0.562. The lowest BCUT2D eigenvalue weighted by atomic mass is 10.0. The number of rotatable bonds is 3. The molecule has 1 aromatic carbocycles. The average Bonchev–Trinajstić information content (AvgIpc) is 3.09. The highest BCUT2D eigenvalue weighted by atomic mass is 16.6. The third-order valence-electron chi connectivity index (χ3n) is 4.48. The fourth-order valence-electron chi connectivity index (χ4n) is 3.08. The number of hydrogen-bond acceptors (Lipinski definition) is 2. The van der Waals surface area contributed by atoms with Gasteiger partial charge in [-0.25, -0.2) is 4.79 Å². The van der Waals surface area contributed by atoms with E-state index in [4.69, 9.17) is 4.74 Å². The van der Waals surface area contributed by atoms with Gasteiger partial charge in [-0.3, -0.25) is 0 Å². The molecule has 1 spiro atoms. The van der Waals surface area contributed by atoms with Crippen LogP contribution in [0.1, 0.15) is 38.2 Å². The van der Waals surface area contributed by atoms with Crippen molar-refractivity contribution in [2.75, 3.05) is 6.54 Å². The molecule has 0 bridgehead atoms. The number of likely N-dealkylation sites (tertiary alicyclic amines) is 1. The van der Waals surface area contributed by atoms with Crippen LogP contribution in [0.3, 0.4) is 0 Å². The molecule has 0 aromatic heterocycles. The molecule has 1 saturated carbocycles. The minimum absolute atomic E-state index is 0.139. The number of carbonyl (C=O) groups is 1. The average molecular weight is 259 g/mol. The maximum absolute atomic E-state index is 12.2. The highest BCUT2D eigenvalue weighted by Crippen LogP contribution is 2.55. The second-order valence-corrected chi connectivity index (χ2v) is 5.93. The van der Waals surface area contributed by atoms with E-state index in [1.165, 1.54) is 19.3 Å². The first kappa shape index (κ1) is 12.5. The van der Waals surface area contributed by atoms with Crippen LogP contribution in [0.15, 0.2) is 30.3 Å². The van der Waals surface area contributed by atoms with Crippen molar-refractivity contribution in [3.8, 4) is 0 Å². The Kier molecular flexibility index (Phi) is 3.21. The monoisotopic (exact) mass is 259 g/mol. The Hall–Kier alpha value is -1.51. The van der Waals surface area contributed by atoms with E-state index < -0.39 is 0 Å². The first-order valence-electron chi connectivity index (χ1n) is 7.20. The summed E-state index contributed by atoms with van der Waals surface area (Å²) in [5, 5.41) is 0. The van der Waals surface area contributed by atoms with Gasteiger partial charge in [-0.15, -0.1) is 0 Å². The summed E-state index contributed by atoms with van der Waals surface area (Å²) in [7, 11) is 0. The molecule has 3 heteroatoms. The molecule has 1 aliphatic heterocycles. The maximum Gasteiger partial charge on any atom is 0.410 e. The Labute approximate surface area is 114 Å². The van der Waals surface area contributed by atoms with Gasteiger partial charge in [-0.05, 0) is 36.7 Å². The van der Waals surface area contributed by atoms with E-state index in [2.05, 4.69) is 6.92 Å². The molecular weight excluding hydrogens is 238 g/mol. The Morgan fingerprint density at radius 1 is 1.37 bits per heavy atom. The van der Waals surface area contributed by atoms with Crippen molar-refractivity contribution in [2.24, 2.45) is 5.41 Å². The predicted octanol–water partition coefficient (Wildman–Crippen LogP) is 3.59. The van der Waals surface area contributed by atoms with E-state index in [0.29, 0.717) is 18.1 Å². The van der Waals surface area contributed by atoms with Crippen molar-refractivity contribution in [3.05, 3.63) is 35.9 Å². The Morgan fingerprint density at radius 2 is 2.11 bits per heavy atom. The summed E-state index contributed by atoms with van der Waals surface area (Å²) in [5.74, 6) is 0. The van der Waals surface area contributed by atoms with Gasteiger partial charge in [-0.1, -0.05) is 37.3 Å². The zero-order valence-corrected chi connectivity index (χ0v) is 11.5. The van der Waals surface area contributed by atoms with Gasteiger partial charge in [0.1, 0.15) is 6.61 Å². The molecule has 1 aromatic rings. The van der Waals surface area contributed by atoms with Crippen molar-refractivity contribution in [1.82, 2.24) is 4.90 Å². The zero-order valence-electron chi connectivity index (χ0n) is 11.5. The van der Waals surface area contributed by atoms with E-state index in [9.17, 15) is 4.79 Å². The SMILES string of the molecule is CC[C@@H]1CC2(CC2)CN1C(=O)OCc1ccccc1. The van der Waals surface area contributed by atoms with Gasteiger partial charge >= 0.3 is 6.09 Å². The topological polar surface area (TPSA) is 29.5 Å². The van der Waals surface area contributed by atoms with Crippen molar-refractivity contribution in [2.45, 2.75) is 45.3 Å². The summed E-state index contributed by atoms with van der Waals surface area (Å²) in [6.45, 7) is 3.43. The first-order valence-corrected chi connectivity index (χ1v) is 7.20. The quantitative estimate of drug-likeness (QED) is 0.830. The van der Waals surface area contributed by atoms with Crippen LogP contribution in [-0.2, 0) is 11.3 Å². The number of ether oxygens (including phenoxy) is 1. The second kappa shape index (κ2) is 4.87. The van der Waals surface area contributed by atoms with E-state index in [1.807, 2.05) is 35.2 Å². The van der Waals surface area contributed by atoms with Crippen LogP contribution in [0.5, 0.6) is 0 Å². The van der Waals surface area contributed by atoms with Crippen LogP contribution in [0, 0.1) is 5.41 Å². The highest BCUT2D eigenvalue weighted by molar-refractivity contribution is 5.68. The van der Waals surface area contributed by atoms with Crippen LogP contribution >= 0.6 is 0 Å². The van der Waals surface area contributed by atoms with Gasteiger partial charge < -0.3 is 9.64 Å². The molecule has 1 heterocycles. The van der Waals surface area contributed by atoms with E-state index in [0.717, 1.165) is 18.5 Å². The van der Waals surface area contributed by atoms with Crippen LogP contribution < -0.4 is 0 Å². The number of amides is 1. The lowest BCUT2D eigenvalue weighted by molar-refractivity contribution is 0.0904. The van der Waals surface area contributed by atoms with Crippen molar-refractivity contribution in [1.29, 1.82) is 0 Å². The van der Waals surface area contributed by atoms with Gasteiger partial charge in [0.25, 0.3) is 0 Å². The molecule has 2 fully saturated rings. The number of nitrogens with zero attached hydrogens (tertiary/aromatic N) is 1. The van der Waals surface area contributed by atoms with Crippen LogP contribution in [0.25, 0.3) is 0 Å². The van der Waals surface area contributed by atoms with Gasteiger partial charge in [0, 0.05) is 12.6 Å². The molecule has 0 unspecified atom stereocenters. The molecule has 3 nitrogen and oxygen atoms in total. The maximum atomic E-state index is 12.2. The van der Waals surface area contributed by atoms with E-state index in [-0.39, 0.29) is 6.09 Å². The van der Waals surface area contributed by atoms with Crippen LogP contribution in [0.4, 0.5) is 4.79 Å². The molecule has 0 N–H and O–H groups in total. The predicted molar refractivity (Wildman–Crippen MR) is 73.7 cm³/mol. The Bertz CT molecular complexity index is 453. The van der Waals surface area contributed by atoms with E-state index >= 15 is 0 Å². The smallest absolute Gasteiger partial charge is 0.410 e. The molecule has 1 amide bonds. The summed E-state index contributed by atoms with van der Waals surface area (Å²) in [4.78, 5) is 14.2. The second-order valence-electron chi connectivity index (χ2n) is 5.93. The van der Waals surface area contributed by atoms with E-state index in [1.54, 1.807) is 0 Å². The number of benzene rings is 1. The first-order chi connectivity index (χ1) is 9.22. The molecule has 1 aliphatic carbocycles. The molecule has 1 atom stereocenters. The van der Waals surface area contributed by atoms with Gasteiger partial charge in [0.2, 0.25) is 0 Å². The summed E-state index contributed by atoms with van der Waals surface area (Å²) in [6.07, 6.45) is 4.63. The number of carbonyl (C=O) groups excluding carboxylic acids is 1. The minimum Gasteiger partial charge on any atom is -0.445 e. The summed E-state index contributed by atoms with van der Waals surface area (Å²) < 4.78 is 5.45. The van der Waals surface area contributed by atoms with Crippen molar-refractivity contribution in [3.63, 3.8) is 0 Å². The van der Waals surface area contributed by atoms with Crippen LogP contribution in [0.2, 0.25) is 0 Å². The molecule has 102 valence electrons. The molecule has 1 saturated heterocycles. The molecular formula is C16H21NO2. The molecule has 2 aliphatic rings. The van der Waals surface area contributed by atoms with Crippen molar-refractivity contribution < 1.29 is 9.53 Å². The summed E-state index contributed by atoms with van der Waals surface area (Å²) in [5.41, 5.74) is 1.50. The summed E-state index contributed by atoms with van der Waals surface area (Å²) in [6, 6.07) is 10.2. The largest absolute Gasteiger partial charge is 0.445 e. The minimum atomic E-state index is -0.139. The van der Waals surface area contributed by atoms with Crippen LogP contribution in [-0.4, -0.2) is 23.6 Å². The zero-order chi connectivity index (χ0) is 13.3. The van der Waals surface area contributed by atoms with Gasteiger partial charge in [0.05, 0.1) is 0 Å². The normalized spacial score (nSPS) is 23.6. The number of hydrogen-bond donors (Lipinski definition) is 0. The Morgan fingerprint density at radius 3 is 2.74 bits per heavy atom. The lowest BCUT2D eigenvalue weighted by Gasteiger charge is -2.22. The highest BCUT2D eigenvalue weighted by Gasteiger charge is 2.53. The molecule has 0 radical (unpaired) electrons.